The number of anilines is 1. The number of sulfonamides is 1. The summed E-state index contributed by atoms with van der Waals surface area (Å²) in [7, 11) is -0.792. The SMILES string of the molecule is CCOc1ccc(CNc2cc(C(=O)NCCCn3ccnc3)cc(S(=O)(=O)N(C)C)c2)cc1. The molecule has 34 heavy (non-hydrogen) atoms. The number of aromatic nitrogens is 2. The van der Waals surface area contributed by atoms with Gasteiger partial charge in [0, 0.05) is 57.4 Å². The summed E-state index contributed by atoms with van der Waals surface area (Å²) in [6, 6.07) is 12.3. The van der Waals surface area contributed by atoms with Gasteiger partial charge < -0.3 is 19.9 Å². The van der Waals surface area contributed by atoms with E-state index in [9.17, 15) is 13.2 Å². The highest BCUT2D eigenvalue weighted by Crippen LogP contribution is 2.22. The number of amides is 1. The highest BCUT2D eigenvalue weighted by Gasteiger charge is 2.20. The van der Waals surface area contributed by atoms with Gasteiger partial charge in [0.15, 0.2) is 0 Å². The van der Waals surface area contributed by atoms with Crippen LogP contribution in [0.4, 0.5) is 5.69 Å². The molecular formula is C24H31N5O4S. The van der Waals surface area contributed by atoms with Crippen LogP contribution in [0.1, 0.15) is 29.3 Å². The maximum Gasteiger partial charge on any atom is 0.251 e. The highest BCUT2D eigenvalue weighted by atomic mass is 32.2. The summed E-state index contributed by atoms with van der Waals surface area (Å²) in [5, 5.41) is 6.10. The minimum Gasteiger partial charge on any atom is -0.494 e. The van der Waals surface area contributed by atoms with Crippen LogP contribution in [0.3, 0.4) is 0 Å². The fourth-order valence-corrected chi connectivity index (χ4v) is 4.22. The minimum atomic E-state index is -3.72. The maximum absolute atomic E-state index is 12.8. The number of rotatable bonds is 12. The molecule has 0 fully saturated rings. The molecule has 1 amide bonds. The molecular weight excluding hydrogens is 454 g/mol. The predicted octanol–water partition coefficient (Wildman–Crippen LogP) is 2.96. The molecule has 1 aromatic heterocycles. The molecule has 0 aliphatic heterocycles. The van der Waals surface area contributed by atoms with Crippen molar-refractivity contribution in [3.63, 3.8) is 0 Å². The van der Waals surface area contributed by atoms with Crippen molar-refractivity contribution in [1.82, 2.24) is 19.2 Å². The fraction of sp³-hybridized carbons (Fsp3) is 0.333. The van der Waals surface area contributed by atoms with Crippen LogP contribution in [-0.4, -0.2) is 55.4 Å². The van der Waals surface area contributed by atoms with Gasteiger partial charge in [-0.2, -0.15) is 0 Å². The first kappa shape index (κ1) is 25.3. The summed E-state index contributed by atoms with van der Waals surface area (Å²) < 4.78 is 34.1. The Hall–Kier alpha value is -3.37. The topological polar surface area (TPSA) is 106 Å². The van der Waals surface area contributed by atoms with E-state index >= 15 is 0 Å². The lowest BCUT2D eigenvalue weighted by Gasteiger charge is -2.15. The van der Waals surface area contributed by atoms with Gasteiger partial charge in [0.25, 0.3) is 5.91 Å². The van der Waals surface area contributed by atoms with Crippen LogP contribution in [-0.2, 0) is 23.1 Å². The Morgan fingerprint density at radius 2 is 1.91 bits per heavy atom. The number of aryl methyl sites for hydroxylation is 1. The molecule has 0 bridgehead atoms. The second kappa shape index (κ2) is 11.7. The first-order chi connectivity index (χ1) is 16.3. The quantitative estimate of drug-likeness (QED) is 0.382. The first-order valence-electron chi connectivity index (χ1n) is 11.1. The number of hydrogen-bond donors (Lipinski definition) is 2. The first-order valence-corrected chi connectivity index (χ1v) is 12.5. The zero-order valence-corrected chi connectivity index (χ0v) is 20.5. The van der Waals surface area contributed by atoms with Crippen molar-refractivity contribution >= 4 is 21.6 Å². The van der Waals surface area contributed by atoms with E-state index in [1.54, 1.807) is 24.7 Å². The predicted molar refractivity (Wildman–Crippen MR) is 131 cm³/mol. The summed E-state index contributed by atoms with van der Waals surface area (Å²) in [6.07, 6.45) is 6.01. The number of hydrogen-bond acceptors (Lipinski definition) is 6. The standard InChI is InChI=1S/C24H31N5O4S/c1-4-33-22-8-6-19(7-9-22)17-27-21-14-20(15-23(16-21)34(31,32)28(2)3)24(30)26-10-5-12-29-13-11-25-18-29/h6-9,11,13-16,18,27H,4-5,10,12,17H2,1-3H3,(H,26,30). The Morgan fingerprint density at radius 3 is 2.56 bits per heavy atom. The molecule has 10 heteroatoms. The number of carbonyl (C=O) groups is 1. The second-order valence-corrected chi connectivity index (χ2v) is 10.0. The molecule has 2 N–H and O–H groups in total. The van der Waals surface area contributed by atoms with E-state index in [1.807, 2.05) is 42.0 Å². The lowest BCUT2D eigenvalue weighted by molar-refractivity contribution is 0.0952. The van der Waals surface area contributed by atoms with Crippen molar-refractivity contribution in [1.29, 1.82) is 0 Å². The summed E-state index contributed by atoms with van der Waals surface area (Å²) in [6.45, 7) is 4.17. The average Bonchev–Trinajstić information content (AvgIpc) is 3.35. The lowest BCUT2D eigenvalue weighted by Crippen LogP contribution is -2.26. The third-order valence-corrected chi connectivity index (χ3v) is 6.91. The monoisotopic (exact) mass is 485 g/mol. The van der Waals surface area contributed by atoms with Crippen molar-refractivity contribution in [2.75, 3.05) is 32.6 Å². The average molecular weight is 486 g/mol. The molecule has 0 radical (unpaired) electrons. The molecule has 1 heterocycles. The Morgan fingerprint density at radius 1 is 1.15 bits per heavy atom. The largest absolute Gasteiger partial charge is 0.494 e. The molecule has 0 spiro atoms. The summed E-state index contributed by atoms with van der Waals surface area (Å²) >= 11 is 0. The van der Waals surface area contributed by atoms with E-state index in [4.69, 9.17) is 4.74 Å². The molecule has 3 aromatic rings. The number of ether oxygens (including phenoxy) is 1. The third-order valence-electron chi connectivity index (χ3n) is 5.12. The van der Waals surface area contributed by atoms with Crippen LogP contribution in [0.15, 0.2) is 66.1 Å². The van der Waals surface area contributed by atoms with Gasteiger partial charge >= 0.3 is 0 Å². The van der Waals surface area contributed by atoms with Crippen molar-refractivity contribution in [2.45, 2.75) is 31.3 Å². The summed E-state index contributed by atoms with van der Waals surface area (Å²) in [4.78, 5) is 16.8. The van der Waals surface area contributed by atoms with Gasteiger partial charge in [-0.3, -0.25) is 4.79 Å². The van der Waals surface area contributed by atoms with Gasteiger partial charge in [-0.15, -0.1) is 0 Å². The zero-order valence-electron chi connectivity index (χ0n) is 19.7. The van der Waals surface area contributed by atoms with Crippen molar-refractivity contribution < 1.29 is 17.9 Å². The van der Waals surface area contributed by atoms with E-state index < -0.39 is 10.0 Å². The van der Waals surface area contributed by atoms with E-state index in [2.05, 4.69) is 15.6 Å². The van der Waals surface area contributed by atoms with Gasteiger partial charge in [0.05, 0.1) is 17.8 Å². The van der Waals surface area contributed by atoms with Crippen LogP contribution < -0.4 is 15.4 Å². The molecule has 0 saturated carbocycles. The Bertz CT molecular complexity index is 1180. The van der Waals surface area contributed by atoms with E-state index in [0.29, 0.717) is 25.4 Å². The minimum absolute atomic E-state index is 0.0535. The molecule has 0 aliphatic carbocycles. The van der Waals surface area contributed by atoms with E-state index in [1.165, 1.54) is 20.2 Å². The summed E-state index contributed by atoms with van der Waals surface area (Å²) in [5.41, 5.74) is 1.81. The van der Waals surface area contributed by atoms with Crippen LogP contribution in [0.2, 0.25) is 0 Å². The molecule has 0 saturated heterocycles. The Labute approximate surface area is 200 Å². The van der Waals surface area contributed by atoms with Crippen LogP contribution in [0.5, 0.6) is 5.75 Å². The molecule has 0 aliphatic rings. The van der Waals surface area contributed by atoms with Crippen molar-refractivity contribution in [3.05, 3.63) is 72.3 Å². The van der Waals surface area contributed by atoms with Crippen LogP contribution >= 0.6 is 0 Å². The van der Waals surface area contributed by atoms with Crippen LogP contribution in [0, 0.1) is 0 Å². The van der Waals surface area contributed by atoms with Gasteiger partial charge in [-0.1, -0.05) is 12.1 Å². The number of nitrogens with zero attached hydrogens (tertiary/aromatic N) is 3. The van der Waals surface area contributed by atoms with E-state index in [0.717, 1.165) is 28.6 Å². The van der Waals surface area contributed by atoms with Gasteiger partial charge in [0.1, 0.15) is 5.75 Å². The van der Waals surface area contributed by atoms with Gasteiger partial charge in [0.2, 0.25) is 10.0 Å². The van der Waals surface area contributed by atoms with E-state index in [-0.39, 0.29) is 16.4 Å². The Kier molecular flexibility index (Phi) is 8.67. The zero-order chi connectivity index (χ0) is 24.6. The smallest absolute Gasteiger partial charge is 0.251 e. The lowest BCUT2D eigenvalue weighted by atomic mass is 10.1. The Balaban J connectivity index is 1.72. The number of carbonyl (C=O) groups excluding carboxylic acids is 1. The molecule has 3 rings (SSSR count). The second-order valence-electron chi connectivity index (χ2n) is 7.87. The normalized spacial score (nSPS) is 11.4. The molecule has 0 unspecified atom stereocenters. The highest BCUT2D eigenvalue weighted by molar-refractivity contribution is 7.89. The number of nitrogens with one attached hydrogen (secondary N) is 2. The van der Waals surface area contributed by atoms with Gasteiger partial charge in [-0.05, 0) is 49.2 Å². The number of benzene rings is 2. The molecule has 9 nitrogen and oxygen atoms in total. The van der Waals surface area contributed by atoms with Crippen molar-refractivity contribution in [2.24, 2.45) is 0 Å². The maximum atomic E-state index is 12.8. The van der Waals surface area contributed by atoms with Crippen LogP contribution in [0.25, 0.3) is 0 Å². The van der Waals surface area contributed by atoms with Crippen molar-refractivity contribution in [3.8, 4) is 5.75 Å². The number of imidazole rings is 1. The fourth-order valence-electron chi connectivity index (χ4n) is 3.25. The summed E-state index contributed by atoms with van der Waals surface area (Å²) in [5.74, 6) is 0.461. The molecule has 182 valence electrons. The molecule has 2 aromatic carbocycles. The molecule has 0 atom stereocenters. The van der Waals surface area contributed by atoms with Gasteiger partial charge in [-0.25, -0.2) is 17.7 Å². The third kappa shape index (κ3) is 6.82.